The van der Waals surface area contributed by atoms with E-state index in [9.17, 15) is 0 Å². The monoisotopic (exact) mass is 119 g/mol. The van der Waals surface area contributed by atoms with Gasteiger partial charge in [-0.3, -0.25) is 4.31 Å². The quantitative estimate of drug-likeness (QED) is 0.474. The van der Waals surface area contributed by atoms with Crippen LogP contribution in [0.3, 0.4) is 0 Å². The van der Waals surface area contributed by atoms with Crippen LogP contribution in [-0.4, -0.2) is 16.9 Å². The minimum atomic E-state index is 0.198. The smallest absolute Gasteiger partial charge is 0.0223 e. The normalized spacial score (nSPS) is 12.9. The first-order valence-electron chi connectivity index (χ1n) is 2.37. The average Bonchev–Trinajstić information content (AvgIpc) is 1.31. The first-order chi connectivity index (χ1) is 2.94. The fraction of sp³-hybridized carbons (Fsp3) is 1.00. The Kier molecular flexibility index (Phi) is 2.14. The van der Waals surface area contributed by atoms with Gasteiger partial charge in [0.05, 0.1) is 0 Å². The molecule has 0 bridgehead atoms. The van der Waals surface area contributed by atoms with Gasteiger partial charge in [-0.1, -0.05) is 12.8 Å². The molecule has 0 aliphatic rings. The van der Waals surface area contributed by atoms with Crippen LogP contribution in [0.25, 0.3) is 0 Å². The van der Waals surface area contributed by atoms with Crippen molar-refractivity contribution < 1.29 is 0 Å². The molecule has 0 radical (unpaired) electrons. The lowest BCUT2D eigenvalue weighted by Crippen LogP contribution is -2.30. The third-order valence-electron chi connectivity index (χ3n) is 0.971. The first kappa shape index (κ1) is 7.31. The van der Waals surface area contributed by atoms with Crippen LogP contribution in [0.1, 0.15) is 20.8 Å². The van der Waals surface area contributed by atoms with Crippen molar-refractivity contribution in [2.24, 2.45) is 0 Å². The first-order valence-corrected chi connectivity index (χ1v) is 2.77. The fourth-order valence-corrected chi connectivity index (χ4v) is 0. The molecule has 0 heterocycles. The Hall–Kier alpha value is 0.310. The van der Waals surface area contributed by atoms with Crippen LogP contribution in [0.5, 0.6) is 0 Å². The summed E-state index contributed by atoms with van der Waals surface area (Å²) in [6, 6.07) is 0. The second-order valence-corrected chi connectivity index (χ2v) is 3.29. The topological polar surface area (TPSA) is 3.24 Å². The second-order valence-electron chi connectivity index (χ2n) is 2.69. The van der Waals surface area contributed by atoms with Crippen molar-refractivity contribution >= 4 is 12.8 Å². The molecule has 0 aromatic carbocycles. The molecule has 1 nitrogen and oxygen atoms in total. The Labute approximate surface area is 51.2 Å². The molecule has 44 valence electrons. The van der Waals surface area contributed by atoms with Gasteiger partial charge in [0.1, 0.15) is 0 Å². The number of hydrogen-bond donors (Lipinski definition) is 1. The van der Waals surface area contributed by atoms with Crippen LogP contribution in [0, 0.1) is 0 Å². The predicted octanol–water partition coefficient (Wildman–Crippen LogP) is 1.56. The summed E-state index contributed by atoms with van der Waals surface area (Å²) < 4.78 is 1.88. The minimum Gasteiger partial charge on any atom is -0.251 e. The molecule has 0 unspecified atom stereocenters. The van der Waals surface area contributed by atoms with Gasteiger partial charge < -0.3 is 0 Å². The van der Waals surface area contributed by atoms with Gasteiger partial charge in [0.15, 0.2) is 0 Å². The molecule has 2 heteroatoms. The van der Waals surface area contributed by atoms with E-state index < -0.39 is 0 Å². The van der Waals surface area contributed by atoms with Gasteiger partial charge in [0.25, 0.3) is 0 Å². The number of hydrogen-bond acceptors (Lipinski definition) is 2. The van der Waals surface area contributed by atoms with E-state index in [-0.39, 0.29) is 5.54 Å². The lowest BCUT2D eigenvalue weighted by atomic mass is 10.1. The van der Waals surface area contributed by atoms with Gasteiger partial charge in [0, 0.05) is 5.54 Å². The maximum atomic E-state index is 4.11. The zero-order chi connectivity index (χ0) is 6.08. The van der Waals surface area contributed by atoms with E-state index >= 15 is 0 Å². The molecule has 0 aliphatic carbocycles. The van der Waals surface area contributed by atoms with Gasteiger partial charge >= 0.3 is 0 Å². The molecule has 0 atom stereocenters. The number of rotatable bonds is 0. The zero-order valence-electron chi connectivity index (χ0n) is 5.39. The van der Waals surface area contributed by atoms with Crippen LogP contribution in [0.2, 0.25) is 0 Å². The molecule has 0 saturated heterocycles. The zero-order valence-corrected chi connectivity index (χ0v) is 6.29. The lowest BCUT2D eigenvalue weighted by Gasteiger charge is -2.25. The Morgan fingerprint density at radius 2 is 1.43 bits per heavy atom. The summed E-state index contributed by atoms with van der Waals surface area (Å²) in [7, 11) is 1.95. The third-order valence-corrected chi connectivity index (χ3v) is 1.57. The van der Waals surface area contributed by atoms with Crippen LogP contribution in [0.15, 0.2) is 0 Å². The van der Waals surface area contributed by atoms with Gasteiger partial charge in [-0.25, -0.2) is 0 Å². The highest BCUT2D eigenvalue weighted by molar-refractivity contribution is 7.77. The standard InChI is InChI=1S/C5H13NS/c1-5(2,3)6(4)7/h7H,1-4H3. The van der Waals surface area contributed by atoms with Gasteiger partial charge in [-0.2, -0.15) is 0 Å². The third kappa shape index (κ3) is 2.94. The van der Waals surface area contributed by atoms with Crippen molar-refractivity contribution in [3.05, 3.63) is 0 Å². The average molecular weight is 119 g/mol. The van der Waals surface area contributed by atoms with E-state index in [1.807, 2.05) is 11.4 Å². The summed E-state index contributed by atoms with van der Waals surface area (Å²) >= 11 is 4.11. The van der Waals surface area contributed by atoms with Crippen LogP contribution < -0.4 is 0 Å². The maximum Gasteiger partial charge on any atom is 0.0223 e. The molecule has 0 N–H and O–H groups in total. The van der Waals surface area contributed by atoms with Crippen LogP contribution in [-0.2, 0) is 0 Å². The van der Waals surface area contributed by atoms with Crippen molar-refractivity contribution in [3.8, 4) is 0 Å². The highest BCUT2D eigenvalue weighted by Gasteiger charge is 2.11. The van der Waals surface area contributed by atoms with Crippen LogP contribution in [0.4, 0.5) is 0 Å². The summed E-state index contributed by atoms with van der Waals surface area (Å²) in [5.41, 5.74) is 0.198. The molecule has 0 fully saturated rings. The predicted molar refractivity (Wildman–Crippen MR) is 36.5 cm³/mol. The maximum absolute atomic E-state index is 4.11. The largest absolute Gasteiger partial charge is 0.251 e. The molecule has 0 spiro atoms. The van der Waals surface area contributed by atoms with Crippen molar-refractivity contribution in [2.45, 2.75) is 26.3 Å². The molecular weight excluding hydrogens is 106 g/mol. The van der Waals surface area contributed by atoms with E-state index in [4.69, 9.17) is 0 Å². The highest BCUT2D eigenvalue weighted by atomic mass is 32.1. The van der Waals surface area contributed by atoms with E-state index in [1.54, 1.807) is 0 Å². The van der Waals surface area contributed by atoms with Crippen molar-refractivity contribution in [2.75, 3.05) is 7.05 Å². The van der Waals surface area contributed by atoms with E-state index in [1.165, 1.54) is 0 Å². The summed E-state index contributed by atoms with van der Waals surface area (Å²) in [5, 5.41) is 0. The summed E-state index contributed by atoms with van der Waals surface area (Å²) in [4.78, 5) is 0. The van der Waals surface area contributed by atoms with Crippen LogP contribution >= 0.6 is 12.8 Å². The van der Waals surface area contributed by atoms with Gasteiger partial charge in [-0.05, 0) is 27.8 Å². The Morgan fingerprint density at radius 3 is 1.43 bits per heavy atom. The van der Waals surface area contributed by atoms with E-state index in [2.05, 4.69) is 33.6 Å². The summed E-state index contributed by atoms with van der Waals surface area (Å²) in [6.45, 7) is 6.33. The molecule has 0 saturated carbocycles. The van der Waals surface area contributed by atoms with E-state index in [0.29, 0.717) is 0 Å². The molecular formula is C5H13NS. The SMILES string of the molecule is CN(S)C(C)(C)C. The molecule has 0 amide bonds. The Bertz CT molecular complexity index is 53.6. The summed E-state index contributed by atoms with van der Waals surface area (Å²) in [5.74, 6) is 0. The Balaban J connectivity index is 3.54. The number of thiol groups is 1. The highest BCUT2D eigenvalue weighted by Crippen LogP contribution is 2.10. The number of nitrogens with zero attached hydrogens (tertiary/aromatic N) is 1. The van der Waals surface area contributed by atoms with Gasteiger partial charge in [0.2, 0.25) is 0 Å². The summed E-state index contributed by atoms with van der Waals surface area (Å²) in [6.07, 6.45) is 0. The van der Waals surface area contributed by atoms with Gasteiger partial charge in [-0.15, -0.1) is 0 Å². The van der Waals surface area contributed by atoms with Crippen molar-refractivity contribution in [3.63, 3.8) is 0 Å². The minimum absolute atomic E-state index is 0.198. The molecule has 7 heavy (non-hydrogen) atoms. The fourth-order valence-electron chi connectivity index (χ4n) is 0. The van der Waals surface area contributed by atoms with Crippen molar-refractivity contribution in [1.29, 1.82) is 0 Å². The molecule has 0 rings (SSSR count). The molecule has 0 aromatic rings. The lowest BCUT2D eigenvalue weighted by molar-refractivity contribution is 0.323. The van der Waals surface area contributed by atoms with Crippen molar-refractivity contribution in [1.82, 2.24) is 4.31 Å². The molecule has 0 aliphatic heterocycles. The second kappa shape index (κ2) is 2.05. The Morgan fingerprint density at radius 1 is 1.29 bits per heavy atom. The molecule has 0 aromatic heterocycles. The van der Waals surface area contributed by atoms with E-state index in [0.717, 1.165) is 0 Å².